The van der Waals surface area contributed by atoms with Crippen LogP contribution >= 0.6 is 0 Å². The number of hydrogen-bond acceptors (Lipinski definition) is 3. The van der Waals surface area contributed by atoms with E-state index in [0.29, 0.717) is 6.42 Å². The fourth-order valence-corrected chi connectivity index (χ4v) is 5.40. The molecule has 0 saturated carbocycles. The van der Waals surface area contributed by atoms with E-state index < -0.39 is 10.0 Å². The van der Waals surface area contributed by atoms with Gasteiger partial charge in [-0.2, -0.15) is 0 Å². The fourth-order valence-electron chi connectivity index (χ4n) is 4.02. The van der Waals surface area contributed by atoms with Crippen molar-refractivity contribution in [2.75, 3.05) is 11.4 Å². The molecule has 1 atom stereocenters. The molecule has 0 aliphatic carbocycles. The van der Waals surface area contributed by atoms with Crippen LogP contribution in [0.25, 0.3) is 0 Å². The third-order valence-electron chi connectivity index (χ3n) is 5.36. The number of amides is 1. The molecular weight excluding hydrogens is 360 g/mol. The SMILES string of the molecule is C[C@@H](CCc1ccccc1)NS(=O)(=O)c1cc2c3c(c1)CC(=O)N3CCC2. The lowest BCUT2D eigenvalue weighted by atomic mass is 10.0. The number of carbonyl (C=O) groups excluding carboxylic acids is 1. The van der Waals surface area contributed by atoms with Crippen molar-refractivity contribution in [3.8, 4) is 0 Å². The number of benzene rings is 2. The fraction of sp³-hybridized carbons (Fsp3) is 0.381. The number of rotatable bonds is 6. The summed E-state index contributed by atoms with van der Waals surface area (Å²) in [5, 5.41) is 0. The normalized spacial score (nSPS) is 17.1. The van der Waals surface area contributed by atoms with E-state index in [4.69, 9.17) is 0 Å². The molecule has 0 saturated heterocycles. The highest BCUT2D eigenvalue weighted by Crippen LogP contribution is 2.38. The Morgan fingerprint density at radius 2 is 1.89 bits per heavy atom. The first-order valence-corrected chi connectivity index (χ1v) is 10.9. The van der Waals surface area contributed by atoms with E-state index in [1.54, 1.807) is 17.0 Å². The zero-order valence-electron chi connectivity index (χ0n) is 15.4. The second-order valence-corrected chi connectivity index (χ2v) is 9.18. The van der Waals surface area contributed by atoms with Crippen molar-refractivity contribution in [3.63, 3.8) is 0 Å². The van der Waals surface area contributed by atoms with Gasteiger partial charge in [0, 0.05) is 12.6 Å². The van der Waals surface area contributed by atoms with Crippen LogP contribution in [0.4, 0.5) is 5.69 Å². The largest absolute Gasteiger partial charge is 0.312 e. The summed E-state index contributed by atoms with van der Waals surface area (Å²) in [6.07, 6.45) is 3.55. The van der Waals surface area contributed by atoms with Gasteiger partial charge in [0.2, 0.25) is 15.9 Å². The van der Waals surface area contributed by atoms with Crippen LogP contribution in [0.5, 0.6) is 0 Å². The van der Waals surface area contributed by atoms with Crippen LogP contribution in [0.1, 0.15) is 36.5 Å². The third-order valence-corrected chi connectivity index (χ3v) is 6.93. The minimum absolute atomic E-state index is 0.0738. The molecule has 2 aromatic rings. The smallest absolute Gasteiger partial charge is 0.240 e. The van der Waals surface area contributed by atoms with E-state index in [0.717, 1.165) is 49.0 Å². The van der Waals surface area contributed by atoms with Crippen molar-refractivity contribution in [1.29, 1.82) is 0 Å². The van der Waals surface area contributed by atoms with E-state index in [9.17, 15) is 13.2 Å². The number of aryl methyl sites for hydroxylation is 2. The van der Waals surface area contributed by atoms with Gasteiger partial charge in [0.15, 0.2) is 0 Å². The molecule has 0 aromatic heterocycles. The minimum atomic E-state index is -3.61. The molecule has 5 nitrogen and oxygen atoms in total. The van der Waals surface area contributed by atoms with Crippen LogP contribution in [0.3, 0.4) is 0 Å². The highest BCUT2D eigenvalue weighted by atomic mass is 32.2. The van der Waals surface area contributed by atoms with Gasteiger partial charge in [0.25, 0.3) is 0 Å². The molecule has 0 bridgehead atoms. The summed E-state index contributed by atoms with van der Waals surface area (Å²) >= 11 is 0. The van der Waals surface area contributed by atoms with Gasteiger partial charge in [0.05, 0.1) is 17.0 Å². The van der Waals surface area contributed by atoms with Crippen molar-refractivity contribution in [2.24, 2.45) is 0 Å². The Morgan fingerprint density at radius 1 is 1.15 bits per heavy atom. The first kappa shape index (κ1) is 18.2. The predicted octanol–water partition coefficient (Wildman–Crippen LogP) is 2.82. The van der Waals surface area contributed by atoms with Crippen LogP contribution in [-0.2, 0) is 34.1 Å². The van der Waals surface area contributed by atoms with Crippen molar-refractivity contribution in [2.45, 2.75) is 50.0 Å². The molecule has 0 unspecified atom stereocenters. The molecular formula is C21H24N2O3S. The lowest BCUT2D eigenvalue weighted by molar-refractivity contribution is -0.117. The highest BCUT2D eigenvalue weighted by Gasteiger charge is 2.33. The second kappa shape index (κ2) is 7.09. The first-order valence-electron chi connectivity index (χ1n) is 9.46. The molecule has 2 heterocycles. The van der Waals surface area contributed by atoms with Crippen molar-refractivity contribution >= 4 is 21.6 Å². The maximum absolute atomic E-state index is 12.9. The Hall–Kier alpha value is -2.18. The molecule has 2 aromatic carbocycles. The summed E-state index contributed by atoms with van der Waals surface area (Å²) in [7, 11) is -3.61. The quantitative estimate of drug-likeness (QED) is 0.833. The Balaban J connectivity index is 1.51. The maximum Gasteiger partial charge on any atom is 0.240 e. The molecule has 0 radical (unpaired) electrons. The lowest BCUT2D eigenvalue weighted by Crippen LogP contribution is -2.33. The number of anilines is 1. The van der Waals surface area contributed by atoms with Crippen LogP contribution in [0.2, 0.25) is 0 Å². The summed E-state index contributed by atoms with van der Waals surface area (Å²) in [6.45, 7) is 2.63. The third kappa shape index (κ3) is 3.64. The molecule has 2 aliphatic heterocycles. The summed E-state index contributed by atoms with van der Waals surface area (Å²) < 4.78 is 28.6. The monoisotopic (exact) mass is 384 g/mol. The molecule has 2 aliphatic rings. The topological polar surface area (TPSA) is 66.5 Å². The van der Waals surface area contributed by atoms with Gasteiger partial charge in [-0.05, 0) is 61.4 Å². The number of nitrogens with one attached hydrogen (secondary N) is 1. The maximum atomic E-state index is 12.9. The van der Waals surface area contributed by atoms with Gasteiger partial charge in [0.1, 0.15) is 0 Å². The molecule has 6 heteroatoms. The van der Waals surface area contributed by atoms with E-state index in [1.807, 2.05) is 25.1 Å². The standard InChI is InChI=1S/C21H24N2O3S/c1-15(9-10-16-6-3-2-4-7-16)22-27(25,26)19-12-17-8-5-11-23-20(24)14-18(13-19)21(17)23/h2-4,6-7,12-13,15,22H,5,8-11,14H2,1H3/t15-/m0/s1. The Labute approximate surface area is 160 Å². The summed E-state index contributed by atoms with van der Waals surface area (Å²) in [6, 6.07) is 13.3. The Kier molecular flexibility index (Phi) is 4.78. The van der Waals surface area contributed by atoms with Gasteiger partial charge >= 0.3 is 0 Å². The van der Waals surface area contributed by atoms with Gasteiger partial charge in [-0.3, -0.25) is 4.79 Å². The van der Waals surface area contributed by atoms with Crippen molar-refractivity contribution in [3.05, 3.63) is 59.2 Å². The molecule has 0 fully saturated rings. The summed E-state index contributed by atoms with van der Waals surface area (Å²) in [4.78, 5) is 14.3. The molecule has 4 rings (SSSR count). The van der Waals surface area contributed by atoms with Gasteiger partial charge in [-0.1, -0.05) is 30.3 Å². The summed E-state index contributed by atoms with van der Waals surface area (Å²) in [5.41, 5.74) is 3.96. The zero-order valence-corrected chi connectivity index (χ0v) is 16.3. The van der Waals surface area contributed by atoms with E-state index in [1.165, 1.54) is 5.56 Å². The zero-order chi connectivity index (χ0) is 19.0. The second-order valence-electron chi connectivity index (χ2n) is 7.46. The molecule has 1 N–H and O–H groups in total. The highest BCUT2D eigenvalue weighted by molar-refractivity contribution is 7.89. The van der Waals surface area contributed by atoms with E-state index in [2.05, 4.69) is 16.9 Å². The van der Waals surface area contributed by atoms with Crippen molar-refractivity contribution < 1.29 is 13.2 Å². The van der Waals surface area contributed by atoms with Crippen LogP contribution < -0.4 is 9.62 Å². The van der Waals surface area contributed by atoms with E-state index in [-0.39, 0.29) is 16.8 Å². The minimum Gasteiger partial charge on any atom is -0.312 e. The number of carbonyl (C=O) groups is 1. The number of nitrogens with zero attached hydrogens (tertiary/aromatic N) is 1. The molecule has 27 heavy (non-hydrogen) atoms. The Morgan fingerprint density at radius 3 is 2.67 bits per heavy atom. The summed E-state index contributed by atoms with van der Waals surface area (Å²) in [5.74, 6) is 0.0738. The van der Waals surface area contributed by atoms with Gasteiger partial charge in [-0.25, -0.2) is 13.1 Å². The molecule has 142 valence electrons. The predicted molar refractivity (Wildman–Crippen MR) is 105 cm³/mol. The van der Waals surface area contributed by atoms with Crippen LogP contribution in [-0.4, -0.2) is 26.9 Å². The van der Waals surface area contributed by atoms with Crippen LogP contribution in [0, 0.1) is 0 Å². The first-order chi connectivity index (χ1) is 12.9. The average molecular weight is 385 g/mol. The lowest BCUT2D eigenvalue weighted by Gasteiger charge is -2.26. The number of hydrogen-bond donors (Lipinski definition) is 1. The van der Waals surface area contributed by atoms with Crippen LogP contribution in [0.15, 0.2) is 47.4 Å². The molecule has 0 spiro atoms. The van der Waals surface area contributed by atoms with Gasteiger partial charge in [-0.15, -0.1) is 0 Å². The number of sulfonamides is 1. The van der Waals surface area contributed by atoms with Crippen molar-refractivity contribution in [1.82, 2.24) is 4.72 Å². The Bertz CT molecular complexity index is 970. The molecule has 1 amide bonds. The average Bonchev–Trinajstić information content (AvgIpc) is 2.98. The van der Waals surface area contributed by atoms with E-state index >= 15 is 0 Å². The van der Waals surface area contributed by atoms with Gasteiger partial charge < -0.3 is 4.90 Å².